The topological polar surface area (TPSA) is 35.0 Å². The van der Waals surface area contributed by atoms with Crippen LogP contribution in [0.15, 0.2) is 4.60 Å². The van der Waals surface area contributed by atoms with Crippen molar-refractivity contribution < 1.29 is 9.13 Å². The van der Waals surface area contributed by atoms with E-state index in [9.17, 15) is 4.39 Å². The third kappa shape index (κ3) is 1.65. The number of methoxy groups -OCH3 is 1. The molecule has 0 unspecified atom stereocenters. The van der Waals surface area contributed by atoms with Crippen LogP contribution in [-0.4, -0.2) is 17.1 Å². The van der Waals surface area contributed by atoms with E-state index in [1.807, 2.05) is 0 Å². The molecule has 1 rings (SSSR count). The van der Waals surface area contributed by atoms with Crippen LogP contribution in [0.1, 0.15) is 5.82 Å². The van der Waals surface area contributed by atoms with Crippen LogP contribution in [0.25, 0.3) is 0 Å². The summed E-state index contributed by atoms with van der Waals surface area (Å²) in [5, 5.41) is 0. The lowest BCUT2D eigenvalue weighted by atomic mass is 10.5. The molecule has 0 saturated heterocycles. The van der Waals surface area contributed by atoms with E-state index in [0.29, 0.717) is 5.82 Å². The van der Waals surface area contributed by atoms with Crippen LogP contribution in [0, 0.1) is 12.7 Å². The molecular formula is C6H6BrFN2O. The predicted octanol–water partition coefficient (Wildman–Crippen LogP) is 1.70. The molecule has 1 heterocycles. The van der Waals surface area contributed by atoms with Gasteiger partial charge in [0.2, 0.25) is 5.82 Å². The molecule has 1 aromatic heterocycles. The minimum atomic E-state index is -0.571. The molecule has 0 saturated carbocycles. The fraction of sp³-hybridized carbons (Fsp3) is 0.333. The van der Waals surface area contributed by atoms with Gasteiger partial charge in [0, 0.05) is 0 Å². The lowest BCUT2D eigenvalue weighted by Crippen LogP contribution is -1.98. The quantitative estimate of drug-likeness (QED) is 0.677. The average molecular weight is 221 g/mol. The van der Waals surface area contributed by atoms with Crippen molar-refractivity contribution in [2.75, 3.05) is 7.11 Å². The second-order valence-electron chi connectivity index (χ2n) is 1.88. The van der Waals surface area contributed by atoms with E-state index in [1.165, 1.54) is 7.11 Å². The maximum Gasteiger partial charge on any atom is 0.254 e. The van der Waals surface area contributed by atoms with Crippen molar-refractivity contribution in [3.8, 4) is 5.88 Å². The Morgan fingerprint density at radius 3 is 2.64 bits per heavy atom. The third-order valence-electron chi connectivity index (χ3n) is 1.09. The summed E-state index contributed by atoms with van der Waals surface area (Å²) in [6.45, 7) is 1.66. The van der Waals surface area contributed by atoms with Crippen LogP contribution < -0.4 is 4.74 Å². The molecule has 0 bridgehead atoms. The Hall–Kier alpha value is -0.710. The number of aromatic nitrogens is 2. The smallest absolute Gasteiger partial charge is 0.254 e. The normalized spacial score (nSPS) is 9.82. The highest BCUT2D eigenvalue weighted by Gasteiger charge is 2.10. The zero-order valence-electron chi connectivity index (χ0n) is 6.06. The van der Waals surface area contributed by atoms with Gasteiger partial charge in [-0.25, -0.2) is 4.98 Å². The van der Waals surface area contributed by atoms with Crippen molar-refractivity contribution in [2.45, 2.75) is 6.92 Å². The summed E-state index contributed by atoms with van der Waals surface area (Å²) in [5.41, 5.74) is 0. The Morgan fingerprint density at radius 2 is 2.09 bits per heavy atom. The highest BCUT2D eigenvalue weighted by molar-refractivity contribution is 9.10. The van der Waals surface area contributed by atoms with Gasteiger partial charge < -0.3 is 4.74 Å². The van der Waals surface area contributed by atoms with E-state index in [2.05, 4.69) is 30.6 Å². The maximum absolute atomic E-state index is 12.9. The molecule has 3 nitrogen and oxygen atoms in total. The predicted molar refractivity (Wildman–Crippen MR) is 41.0 cm³/mol. The van der Waals surface area contributed by atoms with E-state index in [-0.39, 0.29) is 10.5 Å². The standard InChI is InChI=1S/C6H6BrFN2O/c1-3-9-5(7)4(8)6(10-3)11-2/h1-2H3. The molecule has 0 aliphatic rings. The van der Waals surface area contributed by atoms with Gasteiger partial charge in [-0.1, -0.05) is 0 Å². The average Bonchev–Trinajstić information content (AvgIpc) is 1.96. The van der Waals surface area contributed by atoms with E-state index in [4.69, 9.17) is 0 Å². The summed E-state index contributed by atoms with van der Waals surface area (Å²) >= 11 is 2.93. The second kappa shape index (κ2) is 3.13. The molecule has 60 valence electrons. The van der Waals surface area contributed by atoms with Gasteiger partial charge in [0.05, 0.1) is 7.11 Å². The summed E-state index contributed by atoms with van der Waals surface area (Å²) < 4.78 is 17.7. The van der Waals surface area contributed by atoms with Crippen molar-refractivity contribution >= 4 is 15.9 Å². The van der Waals surface area contributed by atoms with Gasteiger partial charge in [0.1, 0.15) is 10.4 Å². The van der Waals surface area contributed by atoms with E-state index in [0.717, 1.165) is 0 Å². The largest absolute Gasteiger partial charge is 0.479 e. The maximum atomic E-state index is 12.9. The molecule has 5 heteroatoms. The molecule has 0 fully saturated rings. The van der Waals surface area contributed by atoms with E-state index < -0.39 is 5.82 Å². The van der Waals surface area contributed by atoms with Crippen LogP contribution >= 0.6 is 15.9 Å². The Labute approximate surface area is 71.7 Å². The molecule has 0 aliphatic heterocycles. The number of hydrogen-bond acceptors (Lipinski definition) is 3. The summed E-state index contributed by atoms with van der Waals surface area (Å²) in [4.78, 5) is 7.45. The van der Waals surface area contributed by atoms with Gasteiger partial charge in [-0.05, 0) is 22.9 Å². The van der Waals surface area contributed by atoms with Gasteiger partial charge in [0.25, 0.3) is 5.88 Å². The second-order valence-corrected chi connectivity index (χ2v) is 2.64. The minimum absolute atomic E-state index is 0.0376. The zero-order chi connectivity index (χ0) is 8.43. The Morgan fingerprint density at radius 1 is 1.45 bits per heavy atom. The molecule has 1 aromatic rings. The van der Waals surface area contributed by atoms with Gasteiger partial charge in [0.15, 0.2) is 0 Å². The number of halogens is 2. The van der Waals surface area contributed by atoms with Crippen LogP contribution in [0.2, 0.25) is 0 Å². The molecule has 0 radical (unpaired) electrons. The monoisotopic (exact) mass is 220 g/mol. The van der Waals surface area contributed by atoms with E-state index >= 15 is 0 Å². The van der Waals surface area contributed by atoms with Gasteiger partial charge in [-0.3, -0.25) is 0 Å². The molecular weight excluding hydrogens is 215 g/mol. The fourth-order valence-corrected chi connectivity index (χ4v) is 1.06. The first-order valence-electron chi connectivity index (χ1n) is 2.88. The van der Waals surface area contributed by atoms with Crippen LogP contribution in [0.5, 0.6) is 5.88 Å². The van der Waals surface area contributed by atoms with Gasteiger partial charge >= 0.3 is 0 Å². The zero-order valence-corrected chi connectivity index (χ0v) is 7.64. The minimum Gasteiger partial charge on any atom is -0.479 e. The molecule has 11 heavy (non-hydrogen) atoms. The third-order valence-corrected chi connectivity index (χ3v) is 1.61. The van der Waals surface area contributed by atoms with Crippen molar-refractivity contribution in [3.63, 3.8) is 0 Å². The van der Waals surface area contributed by atoms with E-state index in [1.54, 1.807) is 6.92 Å². The first-order valence-corrected chi connectivity index (χ1v) is 3.68. The number of rotatable bonds is 1. The number of hydrogen-bond donors (Lipinski definition) is 0. The van der Waals surface area contributed by atoms with Crippen molar-refractivity contribution in [3.05, 3.63) is 16.2 Å². The van der Waals surface area contributed by atoms with Gasteiger partial charge in [-0.2, -0.15) is 9.37 Å². The lowest BCUT2D eigenvalue weighted by molar-refractivity contribution is 0.363. The number of aryl methyl sites for hydroxylation is 1. The van der Waals surface area contributed by atoms with Gasteiger partial charge in [-0.15, -0.1) is 0 Å². The lowest BCUT2D eigenvalue weighted by Gasteiger charge is -2.01. The number of ether oxygens (including phenoxy) is 1. The van der Waals surface area contributed by atoms with Crippen molar-refractivity contribution in [1.29, 1.82) is 0 Å². The summed E-state index contributed by atoms with van der Waals surface area (Å²) in [6, 6.07) is 0. The SMILES string of the molecule is COc1nc(C)nc(Br)c1F. The van der Waals surface area contributed by atoms with Crippen LogP contribution in [0.3, 0.4) is 0 Å². The molecule has 0 N–H and O–H groups in total. The summed E-state index contributed by atoms with van der Waals surface area (Å²) in [6.07, 6.45) is 0. The highest BCUT2D eigenvalue weighted by Crippen LogP contribution is 2.20. The molecule has 0 aliphatic carbocycles. The number of nitrogens with zero attached hydrogens (tertiary/aromatic N) is 2. The summed E-state index contributed by atoms with van der Waals surface area (Å²) in [5.74, 6) is -0.141. The Balaban J connectivity index is 3.24. The van der Waals surface area contributed by atoms with Crippen molar-refractivity contribution in [1.82, 2.24) is 9.97 Å². The van der Waals surface area contributed by atoms with Crippen LogP contribution in [0.4, 0.5) is 4.39 Å². The molecule has 0 amide bonds. The Kier molecular flexibility index (Phi) is 2.38. The first-order chi connectivity index (χ1) is 5.15. The molecule has 0 atom stereocenters. The molecule has 0 spiro atoms. The fourth-order valence-electron chi connectivity index (χ4n) is 0.636. The van der Waals surface area contributed by atoms with Crippen molar-refractivity contribution in [2.24, 2.45) is 0 Å². The first kappa shape index (κ1) is 8.39. The summed E-state index contributed by atoms with van der Waals surface area (Å²) in [7, 11) is 1.36. The Bertz CT molecular complexity index is 280. The van der Waals surface area contributed by atoms with Crippen LogP contribution in [-0.2, 0) is 0 Å². The molecule has 0 aromatic carbocycles. The highest BCUT2D eigenvalue weighted by atomic mass is 79.9.